The van der Waals surface area contributed by atoms with Crippen LogP contribution in [0.15, 0.2) is 36.9 Å². The molecule has 30 heavy (non-hydrogen) atoms. The highest BCUT2D eigenvalue weighted by atomic mass is 19.1. The Bertz CT molecular complexity index is 1090. The van der Waals surface area contributed by atoms with E-state index in [1.807, 2.05) is 18.0 Å². The number of halogens is 1. The van der Waals surface area contributed by atoms with Gasteiger partial charge >= 0.3 is 0 Å². The van der Waals surface area contributed by atoms with E-state index in [2.05, 4.69) is 15.1 Å². The van der Waals surface area contributed by atoms with E-state index in [1.54, 1.807) is 40.4 Å². The number of hydrogen-bond donors (Lipinski definition) is 0. The first-order chi connectivity index (χ1) is 14.5. The van der Waals surface area contributed by atoms with Gasteiger partial charge in [0.25, 0.3) is 5.91 Å². The number of piperidine rings is 1. The standard InChI is InChI=1S/C21H23FN6O2/c1-26-17-10-19(24-12-15(17)13-25-26)27-6-3-21(22,4-7-27)20(29)28-8-9-30-18-2-5-23-11-16(18)14-28/h2,5,10-13H,3-4,6-9,14H2,1H3. The molecule has 2 aliphatic heterocycles. The van der Waals surface area contributed by atoms with Gasteiger partial charge in [-0.2, -0.15) is 5.10 Å². The molecule has 0 aliphatic carbocycles. The summed E-state index contributed by atoms with van der Waals surface area (Å²) in [4.78, 5) is 25.3. The monoisotopic (exact) mass is 410 g/mol. The zero-order valence-electron chi connectivity index (χ0n) is 16.8. The summed E-state index contributed by atoms with van der Waals surface area (Å²) in [6.07, 6.45) is 7.14. The van der Waals surface area contributed by atoms with Crippen LogP contribution in [0.4, 0.5) is 10.2 Å². The van der Waals surface area contributed by atoms with Gasteiger partial charge in [-0.1, -0.05) is 0 Å². The van der Waals surface area contributed by atoms with Gasteiger partial charge in [-0.3, -0.25) is 14.5 Å². The predicted molar refractivity (Wildman–Crippen MR) is 109 cm³/mol. The summed E-state index contributed by atoms with van der Waals surface area (Å²) in [6.45, 7) is 1.89. The molecule has 9 heteroatoms. The van der Waals surface area contributed by atoms with Crippen LogP contribution in [0.1, 0.15) is 18.4 Å². The molecule has 0 aromatic carbocycles. The molecule has 156 valence electrons. The number of carbonyl (C=O) groups is 1. The molecule has 1 fully saturated rings. The molecule has 3 aromatic heterocycles. The van der Waals surface area contributed by atoms with E-state index in [0.717, 1.165) is 22.3 Å². The lowest BCUT2D eigenvalue weighted by Crippen LogP contribution is -2.52. The van der Waals surface area contributed by atoms with Crippen molar-refractivity contribution >= 4 is 22.6 Å². The minimum Gasteiger partial charge on any atom is -0.491 e. The van der Waals surface area contributed by atoms with Gasteiger partial charge < -0.3 is 14.5 Å². The van der Waals surface area contributed by atoms with Crippen molar-refractivity contribution < 1.29 is 13.9 Å². The van der Waals surface area contributed by atoms with Crippen LogP contribution in [0, 0.1) is 0 Å². The first-order valence-electron chi connectivity index (χ1n) is 10.1. The fourth-order valence-corrected chi connectivity index (χ4v) is 4.19. The zero-order valence-corrected chi connectivity index (χ0v) is 16.8. The molecule has 0 saturated carbocycles. The molecule has 5 heterocycles. The number of aryl methyl sites for hydroxylation is 1. The lowest BCUT2D eigenvalue weighted by Gasteiger charge is -2.38. The van der Waals surface area contributed by atoms with E-state index >= 15 is 4.39 Å². The third-order valence-electron chi connectivity index (χ3n) is 6.01. The van der Waals surface area contributed by atoms with Crippen LogP contribution in [0.2, 0.25) is 0 Å². The lowest BCUT2D eigenvalue weighted by molar-refractivity contribution is -0.146. The Morgan fingerprint density at radius 2 is 2.03 bits per heavy atom. The molecule has 0 radical (unpaired) electrons. The van der Waals surface area contributed by atoms with E-state index < -0.39 is 11.6 Å². The van der Waals surface area contributed by atoms with Crippen molar-refractivity contribution in [2.24, 2.45) is 7.05 Å². The van der Waals surface area contributed by atoms with Crippen molar-refractivity contribution in [3.63, 3.8) is 0 Å². The second-order valence-corrected chi connectivity index (χ2v) is 7.88. The normalized spacial score (nSPS) is 18.6. The fourth-order valence-electron chi connectivity index (χ4n) is 4.19. The van der Waals surface area contributed by atoms with Crippen molar-refractivity contribution in [1.29, 1.82) is 0 Å². The second kappa shape index (κ2) is 7.23. The van der Waals surface area contributed by atoms with Crippen LogP contribution in [0.25, 0.3) is 10.9 Å². The first-order valence-corrected chi connectivity index (χ1v) is 10.1. The maximum Gasteiger partial charge on any atom is 0.260 e. The number of hydrogen-bond acceptors (Lipinski definition) is 6. The molecule has 5 rings (SSSR count). The van der Waals surface area contributed by atoms with Crippen LogP contribution in [-0.4, -0.2) is 62.5 Å². The molecule has 3 aromatic rings. The number of anilines is 1. The zero-order chi connectivity index (χ0) is 20.7. The Hall–Kier alpha value is -3.23. The molecule has 0 bridgehead atoms. The average Bonchev–Trinajstić information content (AvgIpc) is 3.00. The minimum atomic E-state index is -1.88. The molecule has 0 N–H and O–H groups in total. The van der Waals surface area contributed by atoms with E-state index in [9.17, 15) is 4.79 Å². The number of nitrogens with zero attached hydrogens (tertiary/aromatic N) is 6. The second-order valence-electron chi connectivity index (χ2n) is 7.88. The number of rotatable bonds is 2. The van der Waals surface area contributed by atoms with Gasteiger partial charge in [0.15, 0.2) is 5.67 Å². The molecule has 1 amide bonds. The Kier molecular flexibility index (Phi) is 4.52. The highest BCUT2D eigenvalue weighted by molar-refractivity contribution is 5.86. The highest BCUT2D eigenvalue weighted by Gasteiger charge is 2.44. The molecule has 0 unspecified atom stereocenters. The summed E-state index contributed by atoms with van der Waals surface area (Å²) in [5.41, 5.74) is -0.0945. The van der Waals surface area contributed by atoms with Gasteiger partial charge in [0.2, 0.25) is 0 Å². The minimum absolute atomic E-state index is 0.133. The summed E-state index contributed by atoms with van der Waals surface area (Å²) in [5.74, 6) is 1.03. The molecule has 0 spiro atoms. The van der Waals surface area contributed by atoms with E-state index in [0.29, 0.717) is 38.5 Å². The molecule has 0 atom stereocenters. The van der Waals surface area contributed by atoms with Crippen molar-refractivity contribution in [2.45, 2.75) is 25.1 Å². The Morgan fingerprint density at radius 1 is 1.20 bits per heavy atom. The number of ether oxygens (including phenoxy) is 1. The fraction of sp³-hybridized carbons (Fsp3) is 0.429. The number of alkyl halides is 1. The maximum absolute atomic E-state index is 15.7. The van der Waals surface area contributed by atoms with Crippen LogP contribution in [0.5, 0.6) is 5.75 Å². The molecular formula is C21H23FN6O2. The number of carbonyl (C=O) groups excluding carboxylic acids is 1. The quantitative estimate of drug-likeness (QED) is 0.644. The van der Waals surface area contributed by atoms with Gasteiger partial charge in [-0.15, -0.1) is 0 Å². The Balaban J connectivity index is 1.29. The van der Waals surface area contributed by atoms with Crippen molar-refractivity contribution in [3.8, 4) is 5.75 Å². The van der Waals surface area contributed by atoms with Crippen molar-refractivity contribution in [2.75, 3.05) is 31.1 Å². The van der Waals surface area contributed by atoms with Crippen LogP contribution < -0.4 is 9.64 Å². The Morgan fingerprint density at radius 3 is 2.87 bits per heavy atom. The van der Waals surface area contributed by atoms with E-state index in [1.165, 1.54) is 0 Å². The van der Waals surface area contributed by atoms with Crippen LogP contribution in [0.3, 0.4) is 0 Å². The molecule has 8 nitrogen and oxygen atoms in total. The molecule has 1 saturated heterocycles. The third kappa shape index (κ3) is 3.24. The average molecular weight is 410 g/mol. The van der Waals surface area contributed by atoms with Gasteiger partial charge in [0.05, 0.1) is 24.8 Å². The molecule has 2 aliphatic rings. The van der Waals surface area contributed by atoms with Gasteiger partial charge in [0.1, 0.15) is 18.2 Å². The number of amides is 1. The topological polar surface area (TPSA) is 76.4 Å². The maximum atomic E-state index is 15.7. The summed E-state index contributed by atoms with van der Waals surface area (Å²) in [5, 5.41) is 5.20. The smallest absolute Gasteiger partial charge is 0.260 e. The summed E-state index contributed by atoms with van der Waals surface area (Å²) in [7, 11) is 1.88. The van der Waals surface area contributed by atoms with Gasteiger partial charge in [-0.05, 0) is 6.07 Å². The van der Waals surface area contributed by atoms with Gasteiger partial charge in [0, 0.05) is 68.6 Å². The molecular weight excluding hydrogens is 387 g/mol. The van der Waals surface area contributed by atoms with Crippen molar-refractivity contribution in [3.05, 3.63) is 42.5 Å². The van der Waals surface area contributed by atoms with Crippen molar-refractivity contribution in [1.82, 2.24) is 24.6 Å². The van der Waals surface area contributed by atoms with Gasteiger partial charge in [-0.25, -0.2) is 9.37 Å². The van der Waals surface area contributed by atoms with Crippen LogP contribution >= 0.6 is 0 Å². The summed E-state index contributed by atoms with van der Waals surface area (Å²) >= 11 is 0. The summed E-state index contributed by atoms with van der Waals surface area (Å²) in [6, 6.07) is 3.74. The number of fused-ring (bicyclic) bond motifs is 2. The van der Waals surface area contributed by atoms with E-state index in [-0.39, 0.29) is 12.8 Å². The van der Waals surface area contributed by atoms with E-state index in [4.69, 9.17) is 4.74 Å². The number of pyridine rings is 2. The largest absolute Gasteiger partial charge is 0.491 e. The Labute approximate surface area is 173 Å². The SMILES string of the molecule is Cn1ncc2cnc(N3CCC(F)(C(=O)N4CCOc5ccncc5C4)CC3)cc21. The third-order valence-corrected chi connectivity index (χ3v) is 6.01. The number of aromatic nitrogens is 4. The highest BCUT2D eigenvalue weighted by Crippen LogP contribution is 2.33. The predicted octanol–water partition coefficient (Wildman–Crippen LogP) is 2.09. The lowest BCUT2D eigenvalue weighted by atomic mass is 9.91. The summed E-state index contributed by atoms with van der Waals surface area (Å²) < 4.78 is 23.2. The first kappa shape index (κ1) is 18.8. The van der Waals surface area contributed by atoms with Crippen LogP contribution in [-0.2, 0) is 18.4 Å².